The van der Waals surface area contributed by atoms with Crippen LogP contribution in [0, 0.1) is 0 Å². The standard InChI is InChI=1S/C18H29N3O2/c1-14-12-21(13-15(2)23-14)11-5-10-20-18(22)9-8-16-6-3-4-7-17(16)19/h3-4,6-7,14-15H,5,8-13,19H2,1-2H3,(H,20,22). The lowest BCUT2D eigenvalue weighted by Crippen LogP contribution is -2.46. The molecule has 0 saturated carbocycles. The number of amides is 1. The number of aryl methyl sites for hydroxylation is 1. The molecular formula is C18H29N3O2. The van der Waals surface area contributed by atoms with Gasteiger partial charge in [0, 0.05) is 38.3 Å². The van der Waals surface area contributed by atoms with Crippen molar-refractivity contribution in [3.8, 4) is 0 Å². The van der Waals surface area contributed by atoms with Crippen molar-refractivity contribution in [1.29, 1.82) is 0 Å². The maximum Gasteiger partial charge on any atom is 0.220 e. The van der Waals surface area contributed by atoms with Crippen molar-refractivity contribution in [2.75, 3.05) is 31.9 Å². The number of ether oxygens (including phenoxy) is 1. The zero-order chi connectivity index (χ0) is 16.7. The first-order valence-electron chi connectivity index (χ1n) is 8.52. The fourth-order valence-electron chi connectivity index (χ4n) is 3.10. The minimum atomic E-state index is 0.0944. The van der Waals surface area contributed by atoms with Crippen molar-refractivity contribution in [3.63, 3.8) is 0 Å². The summed E-state index contributed by atoms with van der Waals surface area (Å²) in [7, 11) is 0. The van der Waals surface area contributed by atoms with Gasteiger partial charge in [-0.1, -0.05) is 18.2 Å². The second-order valence-electron chi connectivity index (χ2n) is 6.42. The van der Waals surface area contributed by atoms with Gasteiger partial charge in [-0.25, -0.2) is 0 Å². The van der Waals surface area contributed by atoms with E-state index in [1.165, 1.54) is 0 Å². The third-order valence-electron chi connectivity index (χ3n) is 4.15. The predicted octanol–water partition coefficient (Wildman–Crippen LogP) is 1.82. The van der Waals surface area contributed by atoms with Crippen molar-refractivity contribution in [2.45, 2.75) is 45.3 Å². The van der Waals surface area contributed by atoms with Crippen LogP contribution in [0.25, 0.3) is 0 Å². The lowest BCUT2D eigenvalue weighted by atomic mass is 10.1. The number of anilines is 1. The molecule has 2 unspecified atom stereocenters. The fourth-order valence-corrected chi connectivity index (χ4v) is 3.10. The molecule has 3 N–H and O–H groups in total. The molecule has 0 radical (unpaired) electrons. The van der Waals surface area contributed by atoms with Gasteiger partial charge in [0.1, 0.15) is 0 Å². The second kappa shape index (κ2) is 8.89. The zero-order valence-electron chi connectivity index (χ0n) is 14.3. The average Bonchev–Trinajstić information content (AvgIpc) is 2.50. The number of carbonyl (C=O) groups excluding carboxylic acids is 1. The van der Waals surface area contributed by atoms with E-state index in [4.69, 9.17) is 10.5 Å². The quantitative estimate of drug-likeness (QED) is 0.594. The van der Waals surface area contributed by atoms with E-state index >= 15 is 0 Å². The Balaban J connectivity index is 1.59. The highest BCUT2D eigenvalue weighted by Gasteiger charge is 2.21. The number of benzene rings is 1. The first-order chi connectivity index (χ1) is 11.0. The van der Waals surface area contributed by atoms with Crippen LogP contribution in [0.4, 0.5) is 5.69 Å². The molecule has 2 atom stereocenters. The van der Waals surface area contributed by atoms with Crippen LogP contribution in [0.5, 0.6) is 0 Å². The highest BCUT2D eigenvalue weighted by molar-refractivity contribution is 5.76. The van der Waals surface area contributed by atoms with E-state index in [-0.39, 0.29) is 5.91 Å². The van der Waals surface area contributed by atoms with Crippen LogP contribution >= 0.6 is 0 Å². The van der Waals surface area contributed by atoms with Crippen LogP contribution in [0.1, 0.15) is 32.3 Å². The number of nitrogens with one attached hydrogen (secondary N) is 1. The van der Waals surface area contributed by atoms with Crippen LogP contribution in [-0.2, 0) is 16.0 Å². The highest BCUT2D eigenvalue weighted by Crippen LogP contribution is 2.12. The van der Waals surface area contributed by atoms with E-state index in [0.29, 0.717) is 25.0 Å². The largest absolute Gasteiger partial charge is 0.399 e. The molecule has 0 spiro atoms. The Kier molecular flexibility index (Phi) is 6.86. The third kappa shape index (κ3) is 6.20. The molecule has 128 valence electrons. The molecule has 0 aromatic heterocycles. The Morgan fingerprint density at radius 1 is 1.30 bits per heavy atom. The van der Waals surface area contributed by atoms with Gasteiger partial charge < -0.3 is 15.8 Å². The Hall–Kier alpha value is -1.59. The second-order valence-corrected chi connectivity index (χ2v) is 6.42. The summed E-state index contributed by atoms with van der Waals surface area (Å²) in [5.41, 5.74) is 7.69. The number of nitrogen functional groups attached to an aromatic ring is 1. The number of rotatable bonds is 7. The van der Waals surface area contributed by atoms with Crippen LogP contribution in [-0.4, -0.2) is 49.2 Å². The average molecular weight is 319 g/mol. The molecule has 2 rings (SSSR count). The van der Waals surface area contributed by atoms with E-state index in [1.54, 1.807) is 0 Å². The Labute approximate surface area is 139 Å². The third-order valence-corrected chi connectivity index (χ3v) is 4.15. The lowest BCUT2D eigenvalue weighted by Gasteiger charge is -2.35. The molecule has 1 fully saturated rings. The van der Waals surface area contributed by atoms with E-state index in [1.807, 2.05) is 24.3 Å². The summed E-state index contributed by atoms with van der Waals surface area (Å²) in [4.78, 5) is 14.3. The van der Waals surface area contributed by atoms with Crippen LogP contribution in [0.15, 0.2) is 24.3 Å². The van der Waals surface area contributed by atoms with Crippen LogP contribution in [0.3, 0.4) is 0 Å². The minimum Gasteiger partial charge on any atom is -0.399 e. The summed E-state index contributed by atoms with van der Waals surface area (Å²) in [6.07, 6.45) is 2.74. The van der Waals surface area contributed by atoms with Gasteiger partial charge >= 0.3 is 0 Å². The van der Waals surface area contributed by atoms with Crippen molar-refractivity contribution < 1.29 is 9.53 Å². The molecule has 1 aromatic rings. The predicted molar refractivity (Wildman–Crippen MR) is 93.3 cm³/mol. The molecule has 1 heterocycles. The fraction of sp³-hybridized carbons (Fsp3) is 0.611. The Bertz CT molecular complexity index is 497. The SMILES string of the molecule is CC1CN(CCCNC(=O)CCc2ccccc2N)CC(C)O1. The van der Waals surface area contributed by atoms with Gasteiger partial charge in [-0.05, 0) is 38.3 Å². The molecule has 5 nitrogen and oxygen atoms in total. The van der Waals surface area contributed by atoms with E-state index in [2.05, 4.69) is 24.1 Å². The minimum absolute atomic E-state index is 0.0944. The van der Waals surface area contributed by atoms with Gasteiger partial charge in [-0.15, -0.1) is 0 Å². The molecule has 1 aliphatic heterocycles. The number of para-hydroxylation sites is 1. The number of hydrogen-bond acceptors (Lipinski definition) is 4. The molecule has 1 saturated heterocycles. The van der Waals surface area contributed by atoms with Crippen molar-refractivity contribution in [1.82, 2.24) is 10.2 Å². The molecule has 1 aromatic carbocycles. The highest BCUT2D eigenvalue weighted by atomic mass is 16.5. The maximum atomic E-state index is 11.9. The van der Waals surface area contributed by atoms with Gasteiger partial charge in [-0.2, -0.15) is 0 Å². The summed E-state index contributed by atoms with van der Waals surface area (Å²) in [6.45, 7) is 7.91. The Morgan fingerprint density at radius 2 is 2.00 bits per heavy atom. The summed E-state index contributed by atoms with van der Waals surface area (Å²) in [6, 6.07) is 7.71. The van der Waals surface area contributed by atoms with Gasteiger partial charge in [0.15, 0.2) is 0 Å². The molecule has 0 aliphatic carbocycles. The molecule has 1 aliphatic rings. The van der Waals surface area contributed by atoms with E-state index in [0.717, 1.165) is 43.9 Å². The number of morpholine rings is 1. The smallest absolute Gasteiger partial charge is 0.220 e. The Morgan fingerprint density at radius 3 is 2.70 bits per heavy atom. The molecule has 5 heteroatoms. The monoisotopic (exact) mass is 319 g/mol. The number of hydrogen-bond donors (Lipinski definition) is 2. The van der Waals surface area contributed by atoms with Gasteiger partial charge in [0.25, 0.3) is 0 Å². The first-order valence-corrected chi connectivity index (χ1v) is 8.52. The van der Waals surface area contributed by atoms with Gasteiger partial charge in [-0.3, -0.25) is 9.69 Å². The van der Waals surface area contributed by atoms with Crippen molar-refractivity contribution in [2.24, 2.45) is 0 Å². The maximum absolute atomic E-state index is 11.9. The van der Waals surface area contributed by atoms with Crippen LogP contribution < -0.4 is 11.1 Å². The number of nitrogens with zero attached hydrogens (tertiary/aromatic N) is 1. The van der Waals surface area contributed by atoms with Gasteiger partial charge in [0.05, 0.1) is 12.2 Å². The molecule has 1 amide bonds. The first kappa shape index (κ1) is 17.8. The van der Waals surface area contributed by atoms with Gasteiger partial charge in [0.2, 0.25) is 5.91 Å². The molecule has 23 heavy (non-hydrogen) atoms. The number of carbonyl (C=O) groups is 1. The molecular weight excluding hydrogens is 290 g/mol. The van der Waals surface area contributed by atoms with Crippen molar-refractivity contribution >= 4 is 11.6 Å². The summed E-state index contributed by atoms with van der Waals surface area (Å²) in [5, 5.41) is 3.00. The van der Waals surface area contributed by atoms with Crippen LogP contribution in [0.2, 0.25) is 0 Å². The van der Waals surface area contributed by atoms with E-state index in [9.17, 15) is 4.79 Å². The molecule has 0 bridgehead atoms. The summed E-state index contributed by atoms with van der Waals surface area (Å²) < 4.78 is 5.72. The topological polar surface area (TPSA) is 67.6 Å². The lowest BCUT2D eigenvalue weighted by molar-refractivity contribution is -0.121. The summed E-state index contributed by atoms with van der Waals surface area (Å²) in [5.74, 6) is 0.0944. The van der Waals surface area contributed by atoms with Crippen molar-refractivity contribution in [3.05, 3.63) is 29.8 Å². The normalized spacial score (nSPS) is 22.0. The van der Waals surface area contributed by atoms with E-state index < -0.39 is 0 Å². The number of nitrogens with two attached hydrogens (primary N) is 1. The summed E-state index contributed by atoms with van der Waals surface area (Å²) >= 11 is 0. The zero-order valence-corrected chi connectivity index (χ0v) is 14.3.